The Bertz CT molecular complexity index is 1040. The van der Waals surface area contributed by atoms with Gasteiger partial charge in [-0.3, -0.25) is 9.89 Å². The predicted octanol–water partition coefficient (Wildman–Crippen LogP) is 4.29. The molecule has 6 heteroatoms. The van der Waals surface area contributed by atoms with E-state index >= 15 is 0 Å². The Morgan fingerprint density at radius 2 is 1.97 bits per heavy atom. The van der Waals surface area contributed by atoms with Crippen molar-refractivity contribution in [2.24, 2.45) is 0 Å². The summed E-state index contributed by atoms with van der Waals surface area (Å²) >= 11 is 0. The zero-order valence-corrected chi connectivity index (χ0v) is 16.7. The number of carbonyl (C=O) groups excluding carboxylic acids is 1. The molecular weight excluding hydrogens is 381 g/mol. The number of rotatable bonds is 6. The number of ether oxygens (including phenoxy) is 1. The van der Waals surface area contributed by atoms with Crippen LogP contribution < -0.4 is 4.74 Å². The van der Waals surface area contributed by atoms with Crippen LogP contribution in [0.5, 0.6) is 5.75 Å². The number of aryl methyl sites for hydroxylation is 1. The van der Waals surface area contributed by atoms with Crippen molar-refractivity contribution in [2.45, 2.75) is 50.8 Å². The van der Waals surface area contributed by atoms with E-state index in [0.29, 0.717) is 17.4 Å². The molecule has 1 unspecified atom stereocenters. The molecule has 1 atom stereocenters. The van der Waals surface area contributed by atoms with E-state index in [4.69, 9.17) is 4.74 Å². The highest BCUT2D eigenvalue weighted by molar-refractivity contribution is 5.95. The van der Waals surface area contributed by atoms with Gasteiger partial charge in [0.2, 0.25) is 0 Å². The molecule has 1 N–H and O–H groups in total. The summed E-state index contributed by atoms with van der Waals surface area (Å²) in [5.74, 6) is 0.475. The van der Waals surface area contributed by atoms with Crippen molar-refractivity contribution in [3.05, 3.63) is 82.9 Å². The summed E-state index contributed by atoms with van der Waals surface area (Å²) in [6, 6.07) is 14.2. The van der Waals surface area contributed by atoms with Crippen LogP contribution in [0.1, 0.15) is 46.4 Å². The molecule has 5 rings (SSSR count). The number of H-pyrrole nitrogens is 1. The first kappa shape index (κ1) is 18.9. The maximum absolute atomic E-state index is 13.3. The summed E-state index contributed by atoms with van der Waals surface area (Å²) < 4.78 is 19.0. The number of nitrogens with one attached hydrogen (secondary N) is 1. The van der Waals surface area contributed by atoms with E-state index in [1.165, 1.54) is 23.4 Å². The van der Waals surface area contributed by atoms with Gasteiger partial charge in [-0.2, -0.15) is 5.10 Å². The number of benzene rings is 2. The van der Waals surface area contributed by atoms with Crippen molar-refractivity contribution >= 4 is 5.91 Å². The van der Waals surface area contributed by atoms with Gasteiger partial charge < -0.3 is 9.64 Å². The first-order valence-electron chi connectivity index (χ1n) is 10.5. The van der Waals surface area contributed by atoms with Gasteiger partial charge in [0, 0.05) is 23.3 Å². The quantitative estimate of drug-likeness (QED) is 0.666. The number of aromatic amines is 1. The third-order valence-electron chi connectivity index (χ3n) is 5.95. The summed E-state index contributed by atoms with van der Waals surface area (Å²) in [6.07, 6.45) is 6.81. The van der Waals surface area contributed by atoms with E-state index in [1.54, 1.807) is 6.07 Å². The van der Waals surface area contributed by atoms with Crippen LogP contribution >= 0.6 is 0 Å². The van der Waals surface area contributed by atoms with Gasteiger partial charge in [-0.1, -0.05) is 12.1 Å². The Kier molecular flexibility index (Phi) is 4.99. The van der Waals surface area contributed by atoms with Gasteiger partial charge in [-0.05, 0) is 79.6 Å². The summed E-state index contributed by atoms with van der Waals surface area (Å²) in [7, 11) is 0. The molecule has 30 heavy (non-hydrogen) atoms. The molecule has 3 aromatic rings. The van der Waals surface area contributed by atoms with Crippen molar-refractivity contribution in [1.82, 2.24) is 15.1 Å². The highest BCUT2D eigenvalue weighted by Gasteiger charge is 2.39. The molecule has 1 heterocycles. The van der Waals surface area contributed by atoms with Crippen molar-refractivity contribution in [3.8, 4) is 5.75 Å². The Morgan fingerprint density at radius 3 is 2.73 bits per heavy atom. The van der Waals surface area contributed by atoms with E-state index in [-0.39, 0.29) is 24.4 Å². The van der Waals surface area contributed by atoms with Gasteiger partial charge in [0.15, 0.2) is 0 Å². The fraction of sp³-hybridized carbons (Fsp3) is 0.333. The van der Waals surface area contributed by atoms with Crippen LogP contribution in [0.2, 0.25) is 0 Å². The van der Waals surface area contributed by atoms with Crippen LogP contribution in [0.15, 0.2) is 54.7 Å². The number of amides is 1. The minimum absolute atomic E-state index is 0.0890. The second-order valence-corrected chi connectivity index (χ2v) is 8.16. The SMILES string of the molecule is O=C(c1ccc(OCc2cccc(F)c2)cc1)N(C1CC1)C1CCc2[nH]ncc2C1. The largest absolute Gasteiger partial charge is 0.489 e. The molecule has 2 aromatic carbocycles. The molecule has 1 fully saturated rings. The fourth-order valence-electron chi connectivity index (χ4n) is 4.25. The lowest BCUT2D eigenvalue weighted by Gasteiger charge is -2.34. The van der Waals surface area contributed by atoms with Crippen LogP contribution in [-0.4, -0.2) is 33.1 Å². The van der Waals surface area contributed by atoms with Crippen LogP contribution in [0.4, 0.5) is 4.39 Å². The van der Waals surface area contributed by atoms with E-state index < -0.39 is 0 Å². The molecule has 1 aromatic heterocycles. The Labute approximate surface area is 174 Å². The van der Waals surface area contributed by atoms with Crippen molar-refractivity contribution in [1.29, 1.82) is 0 Å². The average molecular weight is 405 g/mol. The van der Waals surface area contributed by atoms with E-state index in [1.807, 2.05) is 36.5 Å². The van der Waals surface area contributed by atoms with Crippen molar-refractivity contribution in [2.75, 3.05) is 0 Å². The van der Waals surface area contributed by atoms with Crippen LogP contribution in [0.25, 0.3) is 0 Å². The summed E-state index contributed by atoms with van der Waals surface area (Å²) in [5.41, 5.74) is 3.88. The van der Waals surface area contributed by atoms with E-state index in [0.717, 1.165) is 37.7 Å². The highest BCUT2D eigenvalue weighted by atomic mass is 19.1. The molecule has 2 aliphatic carbocycles. The summed E-state index contributed by atoms with van der Waals surface area (Å²) in [6.45, 7) is 0.286. The zero-order valence-electron chi connectivity index (χ0n) is 16.7. The lowest BCUT2D eigenvalue weighted by atomic mass is 9.92. The fourth-order valence-corrected chi connectivity index (χ4v) is 4.25. The minimum atomic E-state index is -0.275. The predicted molar refractivity (Wildman–Crippen MR) is 111 cm³/mol. The number of halogens is 1. The van der Waals surface area contributed by atoms with Gasteiger partial charge in [-0.25, -0.2) is 4.39 Å². The van der Waals surface area contributed by atoms with Gasteiger partial charge in [-0.15, -0.1) is 0 Å². The summed E-state index contributed by atoms with van der Waals surface area (Å²) in [4.78, 5) is 15.4. The zero-order chi connectivity index (χ0) is 20.5. The van der Waals surface area contributed by atoms with Gasteiger partial charge in [0.05, 0.1) is 6.20 Å². The molecule has 0 aliphatic heterocycles. The lowest BCUT2D eigenvalue weighted by molar-refractivity contribution is 0.0642. The Balaban J connectivity index is 1.26. The summed E-state index contributed by atoms with van der Waals surface area (Å²) in [5, 5.41) is 7.22. The number of hydrogen-bond donors (Lipinski definition) is 1. The molecule has 1 saturated carbocycles. The molecule has 0 radical (unpaired) electrons. The van der Waals surface area contributed by atoms with Crippen LogP contribution in [0, 0.1) is 5.82 Å². The second kappa shape index (κ2) is 7.94. The smallest absolute Gasteiger partial charge is 0.254 e. The number of fused-ring (bicyclic) bond motifs is 1. The third kappa shape index (κ3) is 3.95. The lowest BCUT2D eigenvalue weighted by Crippen LogP contribution is -2.44. The van der Waals surface area contributed by atoms with E-state index in [9.17, 15) is 9.18 Å². The standard InChI is InChI=1S/C24H24FN3O2/c25-19-3-1-2-16(12-19)15-30-22-9-4-17(5-10-22)24(29)28(20-6-7-20)21-8-11-23-18(13-21)14-26-27-23/h1-5,9-10,12,14,20-21H,6-8,11,13,15H2,(H,26,27). The molecule has 2 aliphatic rings. The van der Waals surface area contributed by atoms with Gasteiger partial charge in [0.25, 0.3) is 5.91 Å². The molecule has 0 saturated heterocycles. The molecular formula is C24H24FN3O2. The highest BCUT2D eigenvalue weighted by Crippen LogP contribution is 2.34. The maximum atomic E-state index is 13.3. The monoisotopic (exact) mass is 405 g/mol. The molecule has 1 amide bonds. The first-order valence-corrected chi connectivity index (χ1v) is 10.5. The molecule has 0 bridgehead atoms. The number of nitrogens with zero attached hydrogens (tertiary/aromatic N) is 2. The minimum Gasteiger partial charge on any atom is -0.489 e. The van der Waals surface area contributed by atoms with Gasteiger partial charge in [0.1, 0.15) is 18.2 Å². The Morgan fingerprint density at radius 1 is 1.13 bits per heavy atom. The van der Waals surface area contributed by atoms with Crippen molar-refractivity contribution < 1.29 is 13.9 Å². The number of hydrogen-bond acceptors (Lipinski definition) is 3. The average Bonchev–Trinajstić information content (AvgIpc) is 3.48. The molecule has 0 spiro atoms. The number of carbonyl (C=O) groups is 1. The van der Waals surface area contributed by atoms with Crippen LogP contribution in [-0.2, 0) is 19.4 Å². The first-order chi connectivity index (χ1) is 14.7. The maximum Gasteiger partial charge on any atom is 0.254 e. The van der Waals surface area contributed by atoms with Gasteiger partial charge >= 0.3 is 0 Å². The number of aromatic nitrogens is 2. The molecule has 154 valence electrons. The van der Waals surface area contributed by atoms with Crippen molar-refractivity contribution in [3.63, 3.8) is 0 Å². The normalized spacial score (nSPS) is 18.0. The Hall–Kier alpha value is -3.15. The topological polar surface area (TPSA) is 58.2 Å². The third-order valence-corrected chi connectivity index (χ3v) is 5.95. The second-order valence-electron chi connectivity index (χ2n) is 8.16. The van der Waals surface area contributed by atoms with E-state index in [2.05, 4.69) is 15.1 Å². The van der Waals surface area contributed by atoms with Crippen LogP contribution in [0.3, 0.4) is 0 Å². The molecule has 5 nitrogen and oxygen atoms in total.